The summed E-state index contributed by atoms with van der Waals surface area (Å²) in [6.45, 7) is -0.175. The van der Waals surface area contributed by atoms with Crippen LogP contribution in [0.25, 0.3) is 11.3 Å². The van der Waals surface area contributed by atoms with E-state index >= 15 is 0 Å². The van der Waals surface area contributed by atoms with E-state index in [1.807, 2.05) is 24.3 Å². The molecule has 0 fully saturated rings. The number of amides is 1. The lowest BCUT2D eigenvalue weighted by atomic mass is 10.1. The fraction of sp³-hybridized carbons (Fsp3) is 0.111. The molecule has 3 aromatic rings. The summed E-state index contributed by atoms with van der Waals surface area (Å²) < 4.78 is 6.26. The van der Waals surface area contributed by atoms with E-state index in [0.717, 1.165) is 16.0 Å². The highest BCUT2D eigenvalue weighted by molar-refractivity contribution is 5.90. The number of carbonyl (C=O) groups excluding carboxylic acids is 1. The van der Waals surface area contributed by atoms with Crippen molar-refractivity contribution in [2.45, 2.75) is 6.54 Å². The number of nitrogens with one attached hydrogen (secondary N) is 1. The van der Waals surface area contributed by atoms with Gasteiger partial charge in [0, 0.05) is 29.7 Å². The summed E-state index contributed by atoms with van der Waals surface area (Å²) in [5, 5.41) is 6.97. The van der Waals surface area contributed by atoms with Crippen LogP contribution in [0.1, 0.15) is 0 Å². The number of carbonyl (C=O) groups is 1. The first-order valence-corrected chi connectivity index (χ1v) is 7.58. The lowest BCUT2D eigenvalue weighted by Gasteiger charge is -2.08. The van der Waals surface area contributed by atoms with Crippen molar-refractivity contribution < 1.29 is 9.53 Å². The Morgan fingerprint density at radius 2 is 1.80 bits per heavy atom. The molecule has 7 heteroatoms. The number of ether oxygens (including phenoxy) is 1. The van der Waals surface area contributed by atoms with Crippen LogP contribution >= 0.6 is 0 Å². The van der Waals surface area contributed by atoms with E-state index in [1.165, 1.54) is 6.07 Å². The van der Waals surface area contributed by atoms with Crippen molar-refractivity contribution in [2.75, 3.05) is 12.4 Å². The Bertz CT molecular complexity index is 921. The number of pyridine rings is 1. The van der Waals surface area contributed by atoms with Crippen molar-refractivity contribution in [2.24, 2.45) is 0 Å². The molecule has 0 bridgehead atoms. The van der Waals surface area contributed by atoms with Gasteiger partial charge in [-0.05, 0) is 42.5 Å². The standard InChI is InChI=1S/C18H16N4O3/c1-25-15-4-2-13(3-5-15)16-6-7-18(24)22(21-16)12-17(23)20-14-8-10-19-11-9-14/h2-11H,12H2,1H3,(H,19,20,23). The maximum Gasteiger partial charge on any atom is 0.267 e. The molecule has 0 atom stereocenters. The van der Waals surface area contributed by atoms with Crippen LogP contribution in [-0.2, 0) is 11.3 Å². The molecule has 25 heavy (non-hydrogen) atoms. The lowest BCUT2D eigenvalue weighted by Crippen LogP contribution is -2.29. The maximum atomic E-state index is 12.1. The number of benzene rings is 1. The Labute approximate surface area is 143 Å². The third-order valence-electron chi connectivity index (χ3n) is 3.51. The minimum atomic E-state index is -0.345. The molecule has 0 aliphatic heterocycles. The fourth-order valence-corrected chi connectivity index (χ4v) is 2.25. The second-order valence-corrected chi connectivity index (χ2v) is 5.23. The van der Waals surface area contributed by atoms with Crippen molar-refractivity contribution in [1.82, 2.24) is 14.8 Å². The molecule has 0 aliphatic rings. The first kappa shape index (κ1) is 16.4. The van der Waals surface area contributed by atoms with Gasteiger partial charge in [0.2, 0.25) is 5.91 Å². The third kappa shape index (κ3) is 4.08. The molecule has 7 nitrogen and oxygen atoms in total. The monoisotopic (exact) mass is 336 g/mol. The maximum absolute atomic E-state index is 12.1. The normalized spacial score (nSPS) is 10.3. The number of aromatic nitrogens is 3. The molecule has 1 amide bonds. The van der Waals surface area contributed by atoms with E-state index in [9.17, 15) is 9.59 Å². The molecule has 0 saturated carbocycles. The number of rotatable bonds is 5. The Kier molecular flexibility index (Phi) is 4.84. The van der Waals surface area contributed by atoms with Crippen molar-refractivity contribution in [3.05, 3.63) is 71.3 Å². The molecule has 2 heterocycles. The lowest BCUT2D eigenvalue weighted by molar-refractivity contribution is -0.117. The van der Waals surface area contributed by atoms with Crippen molar-refractivity contribution in [1.29, 1.82) is 0 Å². The van der Waals surface area contributed by atoms with Gasteiger partial charge in [-0.3, -0.25) is 14.6 Å². The van der Waals surface area contributed by atoms with Gasteiger partial charge >= 0.3 is 0 Å². The van der Waals surface area contributed by atoms with Gasteiger partial charge in [-0.15, -0.1) is 0 Å². The molecule has 0 saturated heterocycles. The van der Waals surface area contributed by atoms with Gasteiger partial charge in [0.15, 0.2) is 0 Å². The van der Waals surface area contributed by atoms with Crippen molar-refractivity contribution in [3.8, 4) is 17.0 Å². The van der Waals surface area contributed by atoms with E-state index in [0.29, 0.717) is 11.4 Å². The van der Waals surface area contributed by atoms with E-state index in [1.54, 1.807) is 37.7 Å². The molecule has 0 unspecified atom stereocenters. The molecule has 3 rings (SSSR count). The van der Waals surface area contributed by atoms with Crippen LogP contribution in [0, 0.1) is 0 Å². The smallest absolute Gasteiger partial charge is 0.267 e. The van der Waals surface area contributed by atoms with Gasteiger partial charge < -0.3 is 10.1 Å². The number of anilines is 1. The molecule has 2 aromatic heterocycles. The number of hydrogen-bond acceptors (Lipinski definition) is 5. The van der Waals surface area contributed by atoms with Gasteiger partial charge in [0.25, 0.3) is 5.56 Å². The molecular formula is C18H16N4O3. The number of methoxy groups -OCH3 is 1. The van der Waals surface area contributed by atoms with Gasteiger partial charge in [0.05, 0.1) is 12.8 Å². The van der Waals surface area contributed by atoms with Crippen LogP contribution in [0.3, 0.4) is 0 Å². The van der Waals surface area contributed by atoms with E-state index in [4.69, 9.17) is 4.74 Å². The number of nitrogens with zero attached hydrogens (tertiary/aromatic N) is 3. The van der Waals surface area contributed by atoms with Crippen LogP contribution in [0.5, 0.6) is 5.75 Å². The zero-order valence-corrected chi connectivity index (χ0v) is 13.5. The highest BCUT2D eigenvalue weighted by Crippen LogP contribution is 2.19. The van der Waals surface area contributed by atoms with Gasteiger partial charge in [-0.25, -0.2) is 4.68 Å². The van der Waals surface area contributed by atoms with E-state index in [-0.39, 0.29) is 18.0 Å². The average molecular weight is 336 g/mol. The minimum Gasteiger partial charge on any atom is -0.497 e. The third-order valence-corrected chi connectivity index (χ3v) is 3.51. The van der Waals surface area contributed by atoms with E-state index in [2.05, 4.69) is 15.4 Å². The summed E-state index contributed by atoms with van der Waals surface area (Å²) in [6, 6.07) is 13.7. The molecule has 0 aliphatic carbocycles. The summed E-state index contributed by atoms with van der Waals surface area (Å²) in [4.78, 5) is 28.0. The number of hydrogen-bond donors (Lipinski definition) is 1. The average Bonchev–Trinajstić information content (AvgIpc) is 2.64. The second-order valence-electron chi connectivity index (χ2n) is 5.23. The quantitative estimate of drug-likeness (QED) is 0.770. The molecular weight excluding hydrogens is 320 g/mol. The first-order valence-electron chi connectivity index (χ1n) is 7.58. The zero-order chi connectivity index (χ0) is 17.6. The summed E-state index contributed by atoms with van der Waals surface area (Å²) in [5.41, 5.74) is 1.68. The topological polar surface area (TPSA) is 86.1 Å². The van der Waals surface area contributed by atoms with Gasteiger partial charge in [-0.1, -0.05) is 0 Å². The zero-order valence-electron chi connectivity index (χ0n) is 13.5. The molecule has 126 valence electrons. The molecule has 1 aromatic carbocycles. The van der Waals surface area contributed by atoms with E-state index < -0.39 is 0 Å². The SMILES string of the molecule is COc1ccc(-c2ccc(=O)n(CC(=O)Nc3ccncc3)n2)cc1. The van der Waals surface area contributed by atoms with Gasteiger partial charge in [-0.2, -0.15) is 5.10 Å². The molecule has 0 spiro atoms. The van der Waals surface area contributed by atoms with Gasteiger partial charge in [0.1, 0.15) is 12.3 Å². The summed E-state index contributed by atoms with van der Waals surface area (Å²) in [6.07, 6.45) is 3.15. The highest BCUT2D eigenvalue weighted by Gasteiger charge is 2.08. The largest absolute Gasteiger partial charge is 0.497 e. The van der Waals surface area contributed by atoms with Crippen molar-refractivity contribution in [3.63, 3.8) is 0 Å². The summed E-state index contributed by atoms with van der Waals surface area (Å²) >= 11 is 0. The van der Waals surface area contributed by atoms with Crippen LogP contribution in [0.4, 0.5) is 5.69 Å². The first-order chi connectivity index (χ1) is 12.2. The molecule has 1 N–H and O–H groups in total. The summed E-state index contributed by atoms with van der Waals surface area (Å²) in [5.74, 6) is 0.390. The predicted molar refractivity (Wildman–Crippen MR) is 93.4 cm³/mol. The Balaban J connectivity index is 1.79. The summed E-state index contributed by atoms with van der Waals surface area (Å²) in [7, 11) is 1.59. The van der Waals surface area contributed by atoms with Crippen LogP contribution in [0.2, 0.25) is 0 Å². The Morgan fingerprint density at radius 3 is 2.48 bits per heavy atom. The molecule has 0 radical (unpaired) electrons. The van der Waals surface area contributed by atoms with Crippen LogP contribution in [0.15, 0.2) is 65.7 Å². The Hall–Kier alpha value is -3.48. The van der Waals surface area contributed by atoms with Crippen molar-refractivity contribution >= 4 is 11.6 Å². The highest BCUT2D eigenvalue weighted by atomic mass is 16.5. The predicted octanol–water partition coefficient (Wildman–Crippen LogP) is 1.95. The second kappa shape index (κ2) is 7.39. The van der Waals surface area contributed by atoms with Crippen LogP contribution in [-0.4, -0.2) is 27.8 Å². The fourth-order valence-electron chi connectivity index (χ4n) is 2.25. The Morgan fingerprint density at radius 1 is 1.08 bits per heavy atom. The van der Waals surface area contributed by atoms with Crippen LogP contribution < -0.4 is 15.6 Å². The minimum absolute atomic E-state index is 0.175.